The van der Waals surface area contributed by atoms with Gasteiger partial charge in [-0.25, -0.2) is 0 Å². The Morgan fingerprint density at radius 3 is 2.05 bits per heavy atom. The number of carbonyl (C=O) groups is 1. The van der Waals surface area contributed by atoms with Gasteiger partial charge in [0, 0.05) is 11.8 Å². The van der Waals surface area contributed by atoms with Crippen molar-refractivity contribution in [1.82, 2.24) is 5.32 Å². The molecule has 22 heavy (non-hydrogen) atoms. The zero-order valence-corrected chi connectivity index (χ0v) is 14.3. The average molecular weight is 315 g/mol. The van der Waals surface area contributed by atoms with Gasteiger partial charge < -0.3 is 5.32 Å². The fourth-order valence-corrected chi connectivity index (χ4v) is 6.24. The van der Waals surface area contributed by atoms with Gasteiger partial charge in [0.1, 0.15) is 0 Å². The summed E-state index contributed by atoms with van der Waals surface area (Å²) in [4.78, 5) is 13.3. The summed E-state index contributed by atoms with van der Waals surface area (Å²) < 4.78 is 0. The normalized spacial score (nSPS) is 39.0. The molecule has 0 unspecified atom stereocenters. The van der Waals surface area contributed by atoms with E-state index in [-0.39, 0.29) is 11.4 Å². The summed E-state index contributed by atoms with van der Waals surface area (Å²) in [6.45, 7) is 1.68. The monoisotopic (exact) mass is 315 g/mol. The Hall–Kier alpha value is -0.960. The highest BCUT2D eigenvalue weighted by atomic mass is 32.2. The minimum atomic E-state index is -0.101. The Labute approximate surface area is 137 Å². The Morgan fingerprint density at radius 1 is 1.05 bits per heavy atom. The fourth-order valence-electron chi connectivity index (χ4n) is 5.83. The molecule has 3 heteroatoms. The van der Waals surface area contributed by atoms with Crippen LogP contribution in [0.5, 0.6) is 0 Å². The molecule has 1 aromatic carbocycles. The van der Waals surface area contributed by atoms with Gasteiger partial charge in [0.15, 0.2) is 0 Å². The lowest BCUT2D eigenvalue weighted by molar-refractivity contribution is -0.131. The van der Waals surface area contributed by atoms with Gasteiger partial charge >= 0.3 is 0 Å². The SMILES string of the molecule is CSc1ccc(C2(NC(C)=O)C3CC4CC(C3)CC2C4)cc1. The first-order chi connectivity index (χ1) is 10.6. The van der Waals surface area contributed by atoms with Gasteiger partial charge in [-0.1, -0.05) is 12.1 Å². The summed E-state index contributed by atoms with van der Waals surface area (Å²) in [7, 11) is 0. The highest BCUT2D eigenvalue weighted by Gasteiger charge is 2.58. The maximum atomic E-state index is 12.0. The summed E-state index contributed by atoms with van der Waals surface area (Å²) in [5.74, 6) is 3.21. The van der Waals surface area contributed by atoms with Crippen LogP contribution < -0.4 is 5.32 Å². The van der Waals surface area contributed by atoms with Crippen molar-refractivity contribution >= 4 is 17.7 Å². The van der Waals surface area contributed by atoms with Gasteiger partial charge in [-0.2, -0.15) is 0 Å². The van der Waals surface area contributed by atoms with Crippen LogP contribution in [0.4, 0.5) is 0 Å². The fraction of sp³-hybridized carbons (Fsp3) is 0.632. The average Bonchev–Trinajstić information content (AvgIpc) is 2.50. The van der Waals surface area contributed by atoms with Crippen molar-refractivity contribution in [3.8, 4) is 0 Å². The largest absolute Gasteiger partial charge is 0.346 e. The molecule has 0 aliphatic heterocycles. The van der Waals surface area contributed by atoms with Crippen molar-refractivity contribution in [3.05, 3.63) is 29.8 Å². The van der Waals surface area contributed by atoms with Crippen LogP contribution in [-0.2, 0) is 10.3 Å². The van der Waals surface area contributed by atoms with Crippen molar-refractivity contribution < 1.29 is 4.79 Å². The van der Waals surface area contributed by atoms with Crippen LogP contribution in [0.25, 0.3) is 0 Å². The van der Waals surface area contributed by atoms with E-state index in [9.17, 15) is 4.79 Å². The van der Waals surface area contributed by atoms with Crippen molar-refractivity contribution in [1.29, 1.82) is 0 Å². The lowest BCUT2D eigenvalue weighted by Crippen LogP contribution is -2.63. The zero-order chi connectivity index (χ0) is 15.3. The molecule has 2 nitrogen and oxygen atoms in total. The van der Waals surface area contributed by atoms with Crippen LogP contribution in [0.2, 0.25) is 0 Å². The van der Waals surface area contributed by atoms with Crippen molar-refractivity contribution in [2.24, 2.45) is 23.7 Å². The van der Waals surface area contributed by atoms with E-state index in [1.165, 1.54) is 42.6 Å². The van der Waals surface area contributed by atoms with E-state index in [1.54, 1.807) is 18.7 Å². The highest BCUT2D eigenvalue weighted by molar-refractivity contribution is 7.98. The number of rotatable bonds is 3. The molecule has 118 valence electrons. The van der Waals surface area contributed by atoms with Gasteiger partial charge in [0.2, 0.25) is 5.91 Å². The molecule has 0 saturated heterocycles. The van der Waals surface area contributed by atoms with E-state index in [1.807, 2.05) is 0 Å². The third kappa shape index (κ3) is 2.12. The van der Waals surface area contributed by atoms with Crippen LogP contribution >= 0.6 is 11.8 Å². The maximum absolute atomic E-state index is 12.0. The Kier molecular flexibility index (Phi) is 3.52. The number of hydrogen-bond acceptors (Lipinski definition) is 2. The molecule has 0 atom stereocenters. The second-order valence-electron chi connectivity index (χ2n) is 7.58. The second kappa shape index (κ2) is 5.30. The van der Waals surface area contributed by atoms with Crippen molar-refractivity contribution in [3.63, 3.8) is 0 Å². The zero-order valence-electron chi connectivity index (χ0n) is 13.5. The lowest BCUT2D eigenvalue weighted by atomic mass is 9.47. The van der Waals surface area contributed by atoms with Crippen LogP contribution in [0.15, 0.2) is 29.2 Å². The number of thioether (sulfide) groups is 1. The molecule has 0 spiro atoms. The number of nitrogens with one attached hydrogen (secondary N) is 1. The van der Waals surface area contributed by atoms with E-state index >= 15 is 0 Å². The summed E-state index contributed by atoms with van der Waals surface area (Å²) in [5, 5.41) is 3.45. The topological polar surface area (TPSA) is 29.1 Å². The second-order valence-corrected chi connectivity index (χ2v) is 8.46. The van der Waals surface area contributed by atoms with E-state index in [0.29, 0.717) is 11.8 Å². The van der Waals surface area contributed by atoms with Gasteiger partial charge in [0.25, 0.3) is 0 Å². The van der Waals surface area contributed by atoms with Crippen molar-refractivity contribution in [2.75, 3.05) is 6.26 Å². The van der Waals surface area contributed by atoms with Crippen LogP contribution in [0.1, 0.15) is 44.6 Å². The van der Waals surface area contributed by atoms with Gasteiger partial charge in [-0.3, -0.25) is 4.79 Å². The van der Waals surface area contributed by atoms with E-state index in [4.69, 9.17) is 0 Å². The molecular weight excluding hydrogens is 290 g/mol. The summed E-state index contributed by atoms with van der Waals surface area (Å²) in [6.07, 6.45) is 8.76. The summed E-state index contributed by atoms with van der Waals surface area (Å²) >= 11 is 1.78. The molecule has 4 fully saturated rings. The number of benzene rings is 1. The molecule has 4 aliphatic rings. The standard InChI is InChI=1S/C19H25NOS/c1-12(21)20-19(15-3-5-18(22-2)6-4-15)16-8-13-7-14(10-16)11-17(19)9-13/h3-6,13-14,16-17H,7-11H2,1-2H3,(H,20,21). The quantitative estimate of drug-likeness (QED) is 0.847. The molecule has 0 aromatic heterocycles. The predicted octanol–water partition coefficient (Wildman–Crippen LogP) is 4.20. The van der Waals surface area contributed by atoms with Crippen LogP contribution in [-0.4, -0.2) is 12.2 Å². The molecule has 0 radical (unpaired) electrons. The number of carbonyl (C=O) groups excluding carboxylic acids is 1. The minimum absolute atomic E-state index is 0.101. The van der Waals surface area contributed by atoms with Gasteiger partial charge in [0.05, 0.1) is 5.54 Å². The molecule has 0 heterocycles. The Morgan fingerprint density at radius 2 is 1.59 bits per heavy atom. The first-order valence-corrected chi connectivity index (χ1v) is 9.77. The molecule has 1 N–H and O–H groups in total. The van der Waals surface area contributed by atoms with E-state index < -0.39 is 0 Å². The first-order valence-electron chi connectivity index (χ1n) is 8.55. The Balaban J connectivity index is 1.78. The van der Waals surface area contributed by atoms with Crippen molar-refractivity contribution in [2.45, 2.75) is 49.5 Å². The maximum Gasteiger partial charge on any atom is 0.217 e. The first kappa shape index (κ1) is 14.6. The molecular formula is C19H25NOS. The third-order valence-electron chi connectivity index (χ3n) is 6.38. The predicted molar refractivity (Wildman–Crippen MR) is 90.8 cm³/mol. The molecule has 4 bridgehead atoms. The van der Waals surface area contributed by atoms with Crippen LogP contribution in [0.3, 0.4) is 0 Å². The summed E-state index contributed by atoms with van der Waals surface area (Å²) in [5.41, 5.74) is 1.24. The smallest absolute Gasteiger partial charge is 0.217 e. The number of amides is 1. The van der Waals surface area contributed by atoms with E-state index in [2.05, 4.69) is 35.8 Å². The van der Waals surface area contributed by atoms with Gasteiger partial charge in [-0.15, -0.1) is 11.8 Å². The minimum Gasteiger partial charge on any atom is -0.346 e. The highest BCUT2D eigenvalue weighted by Crippen LogP contribution is 2.61. The molecule has 1 aromatic rings. The number of hydrogen-bond donors (Lipinski definition) is 1. The molecule has 5 rings (SSSR count). The van der Waals surface area contributed by atoms with E-state index in [0.717, 1.165) is 11.8 Å². The molecule has 4 saturated carbocycles. The Bertz CT molecular complexity index is 552. The summed E-state index contributed by atoms with van der Waals surface area (Å²) in [6, 6.07) is 8.97. The third-order valence-corrected chi connectivity index (χ3v) is 7.12. The van der Waals surface area contributed by atoms with Crippen LogP contribution in [0, 0.1) is 23.7 Å². The molecule has 4 aliphatic carbocycles. The molecule has 1 amide bonds. The lowest BCUT2D eigenvalue weighted by Gasteiger charge is -2.61. The van der Waals surface area contributed by atoms with Gasteiger partial charge in [-0.05, 0) is 79.7 Å².